The largest absolute Gasteiger partial charge is 0.449 e. The van der Waals surface area contributed by atoms with E-state index in [0.29, 0.717) is 0 Å². The second-order valence-corrected chi connectivity index (χ2v) is 6.55. The van der Waals surface area contributed by atoms with Gasteiger partial charge in [0.05, 0.1) is 10.6 Å². The van der Waals surface area contributed by atoms with Gasteiger partial charge in [-0.3, -0.25) is 4.79 Å². The van der Waals surface area contributed by atoms with Crippen LogP contribution in [0, 0.1) is 0 Å². The first-order valence-corrected chi connectivity index (χ1v) is 8.60. The zero-order chi connectivity index (χ0) is 19.3. The van der Waals surface area contributed by atoms with E-state index < -0.39 is 28.8 Å². The maximum atomic E-state index is 12.8. The van der Waals surface area contributed by atoms with Gasteiger partial charge in [-0.15, -0.1) is 0 Å². The van der Waals surface area contributed by atoms with Gasteiger partial charge in [0.2, 0.25) is 0 Å². The molecule has 1 N–H and O–H groups in total. The van der Waals surface area contributed by atoms with Gasteiger partial charge in [0.15, 0.2) is 6.10 Å². The molecule has 1 aromatic rings. The molecule has 8 heteroatoms. The number of carbonyl (C=O) groups is 2. The summed E-state index contributed by atoms with van der Waals surface area (Å²) in [5.41, 5.74) is -0.847. The van der Waals surface area contributed by atoms with E-state index in [9.17, 15) is 22.8 Å². The first kappa shape index (κ1) is 20.3. The van der Waals surface area contributed by atoms with Crippen LogP contribution in [0.5, 0.6) is 0 Å². The monoisotopic (exact) mass is 389 g/mol. The molecule has 4 nitrogen and oxygen atoms in total. The summed E-state index contributed by atoms with van der Waals surface area (Å²) >= 11 is 5.54. The van der Waals surface area contributed by atoms with Gasteiger partial charge < -0.3 is 10.1 Å². The van der Waals surface area contributed by atoms with Gasteiger partial charge in [-0.25, -0.2) is 4.79 Å². The highest BCUT2D eigenvalue weighted by atomic mass is 35.5. The fraction of sp³-hybridized carbons (Fsp3) is 0.444. The van der Waals surface area contributed by atoms with Gasteiger partial charge in [0.1, 0.15) is 0 Å². The lowest BCUT2D eigenvalue weighted by Gasteiger charge is -2.16. The molecule has 0 aliphatic heterocycles. The number of carbonyl (C=O) groups excluding carboxylic acids is 2. The van der Waals surface area contributed by atoms with Crippen molar-refractivity contribution in [3.63, 3.8) is 0 Å². The van der Waals surface area contributed by atoms with Crippen molar-refractivity contribution in [3.8, 4) is 0 Å². The molecule has 142 valence electrons. The van der Waals surface area contributed by atoms with Crippen LogP contribution in [0.4, 0.5) is 13.2 Å². The van der Waals surface area contributed by atoms with Crippen LogP contribution >= 0.6 is 11.6 Å². The van der Waals surface area contributed by atoms with Crippen LogP contribution in [0.2, 0.25) is 5.02 Å². The average Bonchev–Trinajstić information content (AvgIpc) is 3.05. The van der Waals surface area contributed by atoms with Gasteiger partial charge in [-0.2, -0.15) is 13.2 Å². The first-order chi connectivity index (χ1) is 12.2. The average molecular weight is 390 g/mol. The van der Waals surface area contributed by atoms with Crippen molar-refractivity contribution in [1.29, 1.82) is 0 Å². The lowest BCUT2D eigenvalue weighted by Crippen LogP contribution is -2.40. The minimum atomic E-state index is -4.59. The van der Waals surface area contributed by atoms with Crippen molar-refractivity contribution in [2.45, 2.75) is 50.9 Å². The molecule has 0 radical (unpaired) electrons. The van der Waals surface area contributed by atoms with Crippen molar-refractivity contribution < 1.29 is 27.5 Å². The number of alkyl halides is 3. The predicted molar refractivity (Wildman–Crippen MR) is 91.4 cm³/mol. The van der Waals surface area contributed by atoms with Crippen LogP contribution in [0.1, 0.15) is 43.7 Å². The zero-order valence-electron chi connectivity index (χ0n) is 14.1. The molecule has 0 spiro atoms. The van der Waals surface area contributed by atoms with Gasteiger partial charge in [0, 0.05) is 12.1 Å². The molecule has 1 fully saturated rings. The zero-order valence-corrected chi connectivity index (χ0v) is 14.9. The second-order valence-electron chi connectivity index (χ2n) is 6.14. The molecule has 0 bridgehead atoms. The molecule has 1 atom stereocenters. The van der Waals surface area contributed by atoms with Crippen molar-refractivity contribution in [1.82, 2.24) is 5.32 Å². The smallest absolute Gasteiger partial charge is 0.417 e. The molecular formula is C18H19ClF3NO3. The highest BCUT2D eigenvalue weighted by Crippen LogP contribution is 2.35. The summed E-state index contributed by atoms with van der Waals surface area (Å²) in [5.74, 6) is -1.20. The predicted octanol–water partition coefficient (Wildman–Crippen LogP) is 4.36. The number of hydrogen-bond acceptors (Lipinski definition) is 3. The minimum absolute atomic E-state index is 0.106. The molecule has 26 heavy (non-hydrogen) atoms. The Balaban J connectivity index is 1.93. The molecule has 0 saturated heterocycles. The summed E-state index contributed by atoms with van der Waals surface area (Å²) in [7, 11) is 0. The highest BCUT2D eigenvalue weighted by Gasteiger charge is 2.33. The normalized spacial score (nSPS) is 16.7. The number of ether oxygens (including phenoxy) is 1. The standard InChI is InChI=1S/C18H19ClF3NO3/c1-11(17(25)23-13-4-2-3-5-13)26-16(24)9-7-12-6-8-15(19)14(10-12)18(20,21)22/h6-11,13H,2-5H2,1H3,(H,23,25)/b9-7+/t11-/m0/s1. The van der Waals surface area contributed by atoms with Gasteiger partial charge in [-0.05, 0) is 43.5 Å². The van der Waals surface area contributed by atoms with Crippen LogP contribution in [0.15, 0.2) is 24.3 Å². The van der Waals surface area contributed by atoms with Gasteiger partial charge >= 0.3 is 12.1 Å². The number of rotatable bonds is 5. The number of benzene rings is 1. The van der Waals surface area contributed by atoms with Crippen LogP contribution in [-0.4, -0.2) is 24.0 Å². The summed E-state index contributed by atoms with van der Waals surface area (Å²) in [6, 6.07) is 3.39. The van der Waals surface area contributed by atoms with Gasteiger partial charge in [-0.1, -0.05) is 30.5 Å². The lowest BCUT2D eigenvalue weighted by molar-refractivity contribution is -0.150. The summed E-state index contributed by atoms with van der Waals surface area (Å²) in [6.07, 6.45) is 0.510. The van der Waals surface area contributed by atoms with Crippen molar-refractivity contribution in [2.24, 2.45) is 0 Å². The molecule has 1 amide bonds. The first-order valence-electron chi connectivity index (χ1n) is 8.22. The Bertz CT molecular complexity index is 697. The number of nitrogens with one attached hydrogen (secondary N) is 1. The van der Waals surface area contributed by atoms with E-state index in [0.717, 1.165) is 43.9 Å². The quantitative estimate of drug-likeness (QED) is 0.601. The van der Waals surface area contributed by atoms with Crippen LogP contribution in [-0.2, 0) is 20.5 Å². The molecule has 1 aliphatic carbocycles. The summed E-state index contributed by atoms with van der Waals surface area (Å²) in [5, 5.41) is 2.39. The summed E-state index contributed by atoms with van der Waals surface area (Å²) < 4.78 is 43.4. The molecular weight excluding hydrogens is 371 g/mol. The Morgan fingerprint density at radius 1 is 1.31 bits per heavy atom. The molecule has 0 unspecified atom stereocenters. The molecule has 0 heterocycles. The van der Waals surface area contributed by atoms with E-state index in [2.05, 4.69) is 5.32 Å². The second kappa shape index (κ2) is 8.58. The summed E-state index contributed by atoms with van der Waals surface area (Å²) in [6.45, 7) is 1.44. The van der Waals surface area contributed by atoms with Gasteiger partial charge in [0.25, 0.3) is 5.91 Å². The van der Waals surface area contributed by atoms with E-state index >= 15 is 0 Å². The number of amides is 1. The SMILES string of the molecule is C[C@H](OC(=O)/C=C/c1ccc(Cl)c(C(F)(F)F)c1)C(=O)NC1CCCC1. The number of halogens is 4. The van der Waals surface area contributed by atoms with Crippen LogP contribution in [0.25, 0.3) is 6.08 Å². The molecule has 1 aliphatic rings. The highest BCUT2D eigenvalue weighted by molar-refractivity contribution is 6.31. The fourth-order valence-corrected chi connectivity index (χ4v) is 2.91. The third-order valence-electron chi connectivity index (χ3n) is 4.07. The van der Waals surface area contributed by atoms with E-state index in [1.807, 2.05) is 0 Å². The third-order valence-corrected chi connectivity index (χ3v) is 4.40. The van der Waals surface area contributed by atoms with E-state index in [4.69, 9.17) is 16.3 Å². The van der Waals surface area contributed by atoms with E-state index in [-0.39, 0.29) is 17.5 Å². The Kier molecular flexibility index (Phi) is 6.69. The maximum Gasteiger partial charge on any atom is 0.417 e. The lowest BCUT2D eigenvalue weighted by atomic mass is 10.1. The molecule has 2 rings (SSSR count). The Labute approximate surface area is 154 Å². The summed E-state index contributed by atoms with van der Waals surface area (Å²) in [4.78, 5) is 23.7. The van der Waals surface area contributed by atoms with Crippen LogP contribution < -0.4 is 5.32 Å². The Morgan fingerprint density at radius 3 is 2.58 bits per heavy atom. The van der Waals surface area contributed by atoms with Crippen LogP contribution in [0.3, 0.4) is 0 Å². The minimum Gasteiger partial charge on any atom is -0.449 e. The molecule has 0 aromatic heterocycles. The topological polar surface area (TPSA) is 55.4 Å². The molecule has 1 saturated carbocycles. The van der Waals surface area contributed by atoms with Crippen molar-refractivity contribution in [3.05, 3.63) is 40.4 Å². The number of esters is 1. The van der Waals surface area contributed by atoms with Crippen molar-refractivity contribution >= 4 is 29.6 Å². The molecule has 1 aromatic carbocycles. The fourth-order valence-electron chi connectivity index (χ4n) is 2.68. The Morgan fingerprint density at radius 2 is 1.96 bits per heavy atom. The van der Waals surface area contributed by atoms with E-state index in [1.54, 1.807) is 0 Å². The van der Waals surface area contributed by atoms with E-state index in [1.165, 1.54) is 19.1 Å². The van der Waals surface area contributed by atoms with Crippen molar-refractivity contribution in [2.75, 3.05) is 0 Å². The Hall–Kier alpha value is -2.02. The third kappa shape index (κ3) is 5.76. The number of hydrogen-bond donors (Lipinski definition) is 1. The maximum absolute atomic E-state index is 12.8.